The van der Waals surface area contributed by atoms with Crippen molar-refractivity contribution in [2.45, 2.75) is 32.9 Å². The van der Waals surface area contributed by atoms with E-state index in [0.717, 1.165) is 24.9 Å². The van der Waals surface area contributed by atoms with Crippen molar-refractivity contribution in [3.8, 4) is 5.75 Å². The maximum Gasteiger partial charge on any atom is 0.269 e. The molecule has 0 amide bonds. The minimum absolute atomic E-state index is 0.198. The van der Waals surface area contributed by atoms with Crippen molar-refractivity contribution in [2.24, 2.45) is 0 Å². The number of tetrazole rings is 1. The zero-order valence-electron chi connectivity index (χ0n) is 13.1. The van der Waals surface area contributed by atoms with E-state index in [1.165, 1.54) is 6.20 Å². The van der Waals surface area contributed by atoms with Crippen molar-refractivity contribution in [1.82, 2.24) is 29.8 Å². The van der Waals surface area contributed by atoms with E-state index < -0.39 is 0 Å². The number of methoxy groups -OCH3 is 1. The Kier molecular flexibility index (Phi) is 4.31. The quantitative estimate of drug-likeness (QED) is 0.680. The molecule has 1 aromatic carbocycles. The lowest BCUT2D eigenvalue weighted by Crippen LogP contribution is -2.23. The first-order chi connectivity index (χ1) is 11.2. The summed E-state index contributed by atoms with van der Waals surface area (Å²) in [6.07, 6.45) is 3.35. The van der Waals surface area contributed by atoms with Crippen molar-refractivity contribution in [2.75, 3.05) is 7.11 Å². The molecule has 0 bridgehead atoms. The van der Waals surface area contributed by atoms with Crippen molar-refractivity contribution in [1.29, 1.82) is 0 Å². The van der Waals surface area contributed by atoms with Gasteiger partial charge in [-0.2, -0.15) is 0 Å². The smallest absolute Gasteiger partial charge is 0.269 e. The molecule has 120 valence electrons. The van der Waals surface area contributed by atoms with Crippen LogP contribution in [0.3, 0.4) is 0 Å². The average Bonchev–Trinajstić information content (AvgIpc) is 3.02. The molecule has 3 rings (SSSR count). The van der Waals surface area contributed by atoms with E-state index in [2.05, 4.69) is 27.4 Å². The summed E-state index contributed by atoms with van der Waals surface area (Å²) in [5.41, 5.74) is 1.22. The zero-order valence-corrected chi connectivity index (χ0v) is 13.1. The number of rotatable bonds is 6. The van der Waals surface area contributed by atoms with E-state index in [1.807, 2.05) is 12.1 Å². The highest BCUT2D eigenvalue weighted by atomic mass is 16.5. The summed E-state index contributed by atoms with van der Waals surface area (Å²) < 4.78 is 8.59. The number of nitrogens with zero attached hydrogens (tertiary/aromatic N) is 6. The van der Waals surface area contributed by atoms with Crippen LogP contribution in [0.1, 0.15) is 25.6 Å². The number of unbranched alkanes of at least 4 members (excludes halogenated alkanes) is 1. The van der Waals surface area contributed by atoms with Crippen LogP contribution in [0.4, 0.5) is 0 Å². The highest BCUT2D eigenvalue weighted by Crippen LogP contribution is 2.18. The summed E-state index contributed by atoms with van der Waals surface area (Å²) in [7, 11) is 1.59. The predicted molar refractivity (Wildman–Crippen MR) is 84.4 cm³/mol. The van der Waals surface area contributed by atoms with Gasteiger partial charge in [-0.15, -0.1) is 5.10 Å². The van der Waals surface area contributed by atoms with E-state index >= 15 is 0 Å². The lowest BCUT2D eigenvalue weighted by atomic mass is 10.2. The Balaban J connectivity index is 2.04. The second-order valence-corrected chi connectivity index (χ2v) is 5.21. The lowest BCUT2D eigenvalue weighted by molar-refractivity contribution is 0.415. The number of fused-ring (bicyclic) bond motifs is 1. The second kappa shape index (κ2) is 6.55. The van der Waals surface area contributed by atoms with Gasteiger partial charge < -0.3 is 4.74 Å². The van der Waals surface area contributed by atoms with Crippen LogP contribution in [-0.2, 0) is 13.1 Å². The van der Waals surface area contributed by atoms with E-state index in [0.29, 0.717) is 23.6 Å². The molecule has 2 aromatic heterocycles. The Labute approximate surface area is 132 Å². The van der Waals surface area contributed by atoms with Gasteiger partial charge in [-0.3, -0.25) is 9.36 Å². The van der Waals surface area contributed by atoms with Gasteiger partial charge in [0.05, 0.1) is 30.9 Å². The van der Waals surface area contributed by atoms with Crippen LogP contribution in [0.2, 0.25) is 0 Å². The molecule has 0 saturated carbocycles. The fraction of sp³-hybridized carbons (Fsp3) is 0.400. The highest BCUT2D eigenvalue weighted by Gasteiger charge is 2.11. The normalized spacial score (nSPS) is 11.0. The Morgan fingerprint density at radius 1 is 1.30 bits per heavy atom. The molecule has 23 heavy (non-hydrogen) atoms. The summed E-state index contributed by atoms with van der Waals surface area (Å²) in [5.74, 6) is 1.32. The van der Waals surface area contributed by atoms with Crippen LogP contribution in [0.25, 0.3) is 11.0 Å². The molecule has 0 aliphatic rings. The SMILES string of the molecule is CCCCn1nnnc1Cn1c(=O)cnc2ccc(OC)cc21. The van der Waals surface area contributed by atoms with E-state index in [9.17, 15) is 4.79 Å². The summed E-state index contributed by atoms with van der Waals surface area (Å²) in [5, 5.41) is 11.8. The number of aryl methyl sites for hydroxylation is 1. The second-order valence-electron chi connectivity index (χ2n) is 5.21. The third kappa shape index (κ3) is 3.05. The van der Waals surface area contributed by atoms with Gasteiger partial charge in [-0.1, -0.05) is 13.3 Å². The van der Waals surface area contributed by atoms with Crippen LogP contribution in [-0.4, -0.2) is 36.9 Å². The van der Waals surface area contributed by atoms with E-state index in [-0.39, 0.29) is 5.56 Å². The number of benzene rings is 1. The van der Waals surface area contributed by atoms with Crippen LogP contribution in [0.5, 0.6) is 5.75 Å². The Morgan fingerprint density at radius 3 is 2.96 bits per heavy atom. The first kappa shape index (κ1) is 15.1. The maximum atomic E-state index is 12.3. The summed E-state index contributed by atoms with van der Waals surface area (Å²) in [6, 6.07) is 5.43. The van der Waals surface area contributed by atoms with E-state index in [4.69, 9.17) is 4.74 Å². The van der Waals surface area contributed by atoms with Crippen LogP contribution in [0.15, 0.2) is 29.2 Å². The third-order valence-electron chi connectivity index (χ3n) is 3.68. The van der Waals surface area contributed by atoms with Crippen molar-refractivity contribution < 1.29 is 4.74 Å². The fourth-order valence-corrected chi connectivity index (χ4v) is 2.39. The molecule has 8 heteroatoms. The van der Waals surface area contributed by atoms with Gasteiger partial charge in [0.25, 0.3) is 5.56 Å². The van der Waals surface area contributed by atoms with Gasteiger partial charge >= 0.3 is 0 Å². The van der Waals surface area contributed by atoms with Crippen LogP contribution >= 0.6 is 0 Å². The Bertz CT molecular complexity index is 870. The largest absolute Gasteiger partial charge is 0.497 e. The van der Waals surface area contributed by atoms with Gasteiger partial charge in [-0.25, -0.2) is 9.67 Å². The van der Waals surface area contributed by atoms with Crippen molar-refractivity contribution in [3.63, 3.8) is 0 Å². The molecule has 0 N–H and O–H groups in total. The van der Waals surface area contributed by atoms with Gasteiger partial charge in [0.15, 0.2) is 5.82 Å². The molecule has 3 aromatic rings. The number of aromatic nitrogens is 6. The third-order valence-corrected chi connectivity index (χ3v) is 3.68. The number of hydrogen-bond donors (Lipinski definition) is 0. The molecule has 0 fully saturated rings. The molecule has 0 atom stereocenters. The van der Waals surface area contributed by atoms with Crippen LogP contribution < -0.4 is 10.3 Å². The Hall–Kier alpha value is -2.77. The van der Waals surface area contributed by atoms with Crippen molar-refractivity contribution >= 4 is 11.0 Å². The standard InChI is InChI=1S/C15H18N6O2/c1-3-4-7-21-14(17-18-19-21)10-20-13-8-11(23-2)5-6-12(13)16-9-15(20)22/h5-6,8-9H,3-4,7,10H2,1-2H3. The van der Waals surface area contributed by atoms with Gasteiger partial charge in [0.1, 0.15) is 5.75 Å². The number of hydrogen-bond acceptors (Lipinski definition) is 6. The maximum absolute atomic E-state index is 12.3. The summed E-state index contributed by atoms with van der Waals surface area (Å²) in [6.45, 7) is 3.14. The lowest BCUT2D eigenvalue weighted by Gasteiger charge is -2.10. The first-order valence-electron chi connectivity index (χ1n) is 7.51. The molecule has 0 aliphatic carbocycles. The molecule has 0 saturated heterocycles. The van der Waals surface area contributed by atoms with Gasteiger partial charge in [0.2, 0.25) is 0 Å². The minimum atomic E-state index is -0.198. The summed E-state index contributed by atoms with van der Waals surface area (Å²) >= 11 is 0. The minimum Gasteiger partial charge on any atom is -0.497 e. The Morgan fingerprint density at radius 2 is 2.17 bits per heavy atom. The average molecular weight is 314 g/mol. The van der Waals surface area contributed by atoms with Gasteiger partial charge in [0, 0.05) is 12.6 Å². The molecule has 0 radical (unpaired) electrons. The molecule has 2 heterocycles. The number of ether oxygens (including phenoxy) is 1. The topological polar surface area (TPSA) is 87.7 Å². The van der Waals surface area contributed by atoms with E-state index in [1.54, 1.807) is 22.4 Å². The molecule has 0 aliphatic heterocycles. The van der Waals surface area contributed by atoms with Crippen molar-refractivity contribution in [3.05, 3.63) is 40.6 Å². The highest BCUT2D eigenvalue weighted by molar-refractivity contribution is 5.76. The zero-order chi connectivity index (χ0) is 16.2. The molecule has 0 unspecified atom stereocenters. The summed E-state index contributed by atoms with van der Waals surface area (Å²) in [4.78, 5) is 16.4. The fourth-order valence-electron chi connectivity index (χ4n) is 2.39. The predicted octanol–water partition coefficient (Wildman–Crippen LogP) is 1.24. The first-order valence-corrected chi connectivity index (χ1v) is 7.51. The molecule has 8 nitrogen and oxygen atoms in total. The van der Waals surface area contributed by atoms with Crippen LogP contribution in [0, 0.1) is 0 Å². The molecular weight excluding hydrogens is 296 g/mol. The monoisotopic (exact) mass is 314 g/mol. The van der Waals surface area contributed by atoms with Gasteiger partial charge in [-0.05, 0) is 29.0 Å². The molecular formula is C15H18N6O2. The molecule has 0 spiro atoms.